The van der Waals surface area contributed by atoms with Gasteiger partial charge >= 0.3 is 5.63 Å². The summed E-state index contributed by atoms with van der Waals surface area (Å²) in [5.41, 5.74) is 3.58. The quantitative estimate of drug-likeness (QED) is 0.638. The van der Waals surface area contributed by atoms with E-state index in [0.717, 1.165) is 22.1 Å². The second-order valence-corrected chi connectivity index (χ2v) is 5.99. The highest BCUT2D eigenvalue weighted by atomic mass is 35.5. The molecule has 0 aliphatic carbocycles. The fourth-order valence-corrected chi connectivity index (χ4v) is 2.74. The standard InChI is InChI=1S/C19H17ClO3/c1-11-12(2)19(21)23-18-13(3)17(9-8-15(11)18)22-10-14-6-4-5-7-16(14)20/h4-9H,10H2,1-3H3. The number of rotatable bonds is 3. The molecule has 0 N–H and O–H groups in total. The minimum absolute atomic E-state index is 0.304. The van der Waals surface area contributed by atoms with E-state index in [1.165, 1.54) is 0 Å². The summed E-state index contributed by atoms with van der Waals surface area (Å²) in [6.45, 7) is 5.96. The van der Waals surface area contributed by atoms with E-state index >= 15 is 0 Å². The molecule has 3 rings (SSSR count). The molecule has 0 bridgehead atoms. The molecule has 1 aromatic heterocycles. The van der Waals surface area contributed by atoms with Gasteiger partial charge in [-0.1, -0.05) is 29.8 Å². The minimum atomic E-state index is -0.304. The van der Waals surface area contributed by atoms with Crippen molar-refractivity contribution < 1.29 is 9.15 Å². The van der Waals surface area contributed by atoms with Crippen molar-refractivity contribution in [1.29, 1.82) is 0 Å². The Morgan fingerprint density at radius 3 is 2.48 bits per heavy atom. The monoisotopic (exact) mass is 328 g/mol. The van der Waals surface area contributed by atoms with Crippen LogP contribution in [0.1, 0.15) is 22.3 Å². The Labute approximate surface area is 139 Å². The van der Waals surface area contributed by atoms with Crippen LogP contribution in [0.15, 0.2) is 45.6 Å². The molecule has 0 unspecified atom stereocenters. The Balaban J connectivity index is 2.00. The average Bonchev–Trinajstić information content (AvgIpc) is 2.54. The Morgan fingerprint density at radius 2 is 1.74 bits per heavy atom. The van der Waals surface area contributed by atoms with Crippen LogP contribution in [0.2, 0.25) is 5.02 Å². The summed E-state index contributed by atoms with van der Waals surface area (Å²) in [5.74, 6) is 0.684. The van der Waals surface area contributed by atoms with Gasteiger partial charge in [-0.3, -0.25) is 0 Å². The van der Waals surface area contributed by atoms with Gasteiger partial charge in [0.05, 0.1) is 0 Å². The van der Waals surface area contributed by atoms with Crippen molar-refractivity contribution >= 4 is 22.6 Å². The van der Waals surface area contributed by atoms with Crippen molar-refractivity contribution in [3.8, 4) is 5.75 Å². The van der Waals surface area contributed by atoms with E-state index in [-0.39, 0.29) is 5.63 Å². The third-order valence-electron chi connectivity index (χ3n) is 4.16. The van der Waals surface area contributed by atoms with Crippen LogP contribution >= 0.6 is 11.6 Å². The van der Waals surface area contributed by atoms with Gasteiger partial charge in [-0.25, -0.2) is 4.79 Å². The molecule has 1 heterocycles. The minimum Gasteiger partial charge on any atom is -0.488 e. The predicted molar refractivity (Wildman–Crippen MR) is 92.5 cm³/mol. The van der Waals surface area contributed by atoms with Crippen molar-refractivity contribution in [2.24, 2.45) is 0 Å². The number of hydrogen-bond donors (Lipinski definition) is 0. The van der Waals surface area contributed by atoms with E-state index in [0.29, 0.717) is 28.5 Å². The van der Waals surface area contributed by atoms with Crippen molar-refractivity contribution in [2.45, 2.75) is 27.4 Å². The zero-order valence-corrected chi connectivity index (χ0v) is 14.0. The van der Waals surface area contributed by atoms with Crippen LogP contribution in [0.5, 0.6) is 5.75 Å². The number of benzene rings is 2. The zero-order chi connectivity index (χ0) is 16.6. The first-order valence-electron chi connectivity index (χ1n) is 7.39. The average molecular weight is 329 g/mol. The van der Waals surface area contributed by atoms with Gasteiger partial charge in [0, 0.05) is 27.1 Å². The van der Waals surface area contributed by atoms with Gasteiger partial charge < -0.3 is 9.15 Å². The van der Waals surface area contributed by atoms with Gasteiger partial charge in [0.25, 0.3) is 0 Å². The van der Waals surface area contributed by atoms with Crippen LogP contribution in [0.4, 0.5) is 0 Å². The van der Waals surface area contributed by atoms with Crippen LogP contribution in [0.3, 0.4) is 0 Å². The highest BCUT2D eigenvalue weighted by Gasteiger charge is 2.13. The Hall–Kier alpha value is -2.26. The van der Waals surface area contributed by atoms with Crippen LogP contribution in [0.25, 0.3) is 11.0 Å². The fraction of sp³-hybridized carbons (Fsp3) is 0.211. The van der Waals surface area contributed by atoms with Gasteiger partial charge in [0.15, 0.2) is 0 Å². The second-order valence-electron chi connectivity index (χ2n) is 5.58. The highest BCUT2D eigenvalue weighted by molar-refractivity contribution is 6.31. The first-order valence-corrected chi connectivity index (χ1v) is 7.76. The molecule has 0 saturated carbocycles. The Bertz CT molecular complexity index is 941. The van der Waals surface area contributed by atoms with E-state index in [1.54, 1.807) is 6.92 Å². The number of ether oxygens (including phenoxy) is 1. The summed E-state index contributed by atoms with van der Waals surface area (Å²) in [5, 5.41) is 1.61. The van der Waals surface area contributed by atoms with Crippen molar-refractivity contribution in [3.63, 3.8) is 0 Å². The Kier molecular flexibility index (Phi) is 4.14. The molecule has 0 aliphatic rings. The van der Waals surface area contributed by atoms with Crippen molar-refractivity contribution in [2.75, 3.05) is 0 Å². The summed E-state index contributed by atoms with van der Waals surface area (Å²) in [6.07, 6.45) is 0. The highest BCUT2D eigenvalue weighted by Crippen LogP contribution is 2.30. The molecule has 118 valence electrons. The maximum Gasteiger partial charge on any atom is 0.339 e. The van der Waals surface area contributed by atoms with Gasteiger partial charge in [-0.15, -0.1) is 0 Å². The third-order valence-corrected chi connectivity index (χ3v) is 4.53. The molecule has 3 nitrogen and oxygen atoms in total. The van der Waals surface area contributed by atoms with Crippen molar-refractivity contribution in [3.05, 3.63) is 74.1 Å². The lowest BCUT2D eigenvalue weighted by atomic mass is 10.0. The summed E-state index contributed by atoms with van der Waals surface area (Å²) in [7, 11) is 0. The number of fused-ring (bicyclic) bond motifs is 1. The number of hydrogen-bond acceptors (Lipinski definition) is 3. The topological polar surface area (TPSA) is 39.4 Å². The van der Waals surface area contributed by atoms with E-state index in [4.69, 9.17) is 20.8 Å². The number of halogens is 1. The van der Waals surface area contributed by atoms with E-state index in [1.807, 2.05) is 50.2 Å². The summed E-state index contributed by atoms with van der Waals surface area (Å²) in [6, 6.07) is 11.4. The molecule has 23 heavy (non-hydrogen) atoms. The SMILES string of the molecule is Cc1c(C)c2ccc(OCc3ccccc3Cl)c(C)c2oc1=O. The summed E-state index contributed by atoms with van der Waals surface area (Å²) < 4.78 is 11.3. The van der Waals surface area contributed by atoms with Gasteiger partial charge in [-0.05, 0) is 44.5 Å². The van der Waals surface area contributed by atoms with Crippen LogP contribution < -0.4 is 10.4 Å². The van der Waals surface area contributed by atoms with E-state index in [9.17, 15) is 4.79 Å². The molecular weight excluding hydrogens is 312 g/mol. The molecule has 4 heteroatoms. The second kappa shape index (κ2) is 6.09. The molecule has 0 amide bonds. The Morgan fingerprint density at radius 1 is 1.00 bits per heavy atom. The predicted octanol–water partition coefficient (Wildman–Crippen LogP) is 4.95. The first kappa shape index (κ1) is 15.6. The maximum atomic E-state index is 11.9. The van der Waals surface area contributed by atoms with Gasteiger partial charge in [0.2, 0.25) is 0 Å². The van der Waals surface area contributed by atoms with Gasteiger partial charge in [0.1, 0.15) is 17.9 Å². The summed E-state index contributed by atoms with van der Waals surface area (Å²) in [4.78, 5) is 11.9. The van der Waals surface area contributed by atoms with E-state index < -0.39 is 0 Å². The fourth-order valence-electron chi connectivity index (χ4n) is 2.55. The lowest BCUT2D eigenvalue weighted by Crippen LogP contribution is -2.07. The maximum absolute atomic E-state index is 11.9. The summed E-state index contributed by atoms with van der Waals surface area (Å²) >= 11 is 6.14. The molecule has 2 aromatic carbocycles. The zero-order valence-electron chi connectivity index (χ0n) is 13.3. The number of aryl methyl sites for hydroxylation is 2. The van der Waals surface area contributed by atoms with Crippen LogP contribution in [-0.2, 0) is 6.61 Å². The van der Waals surface area contributed by atoms with Crippen molar-refractivity contribution in [1.82, 2.24) is 0 Å². The largest absolute Gasteiger partial charge is 0.488 e. The lowest BCUT2D eigenvalue weighted by Gasteiger charge is -2.13. The molecule has 0 aliphatic heterocycles. The van der Waals surface area contributed by atoms with Crippen LogP contribution in [0, 0.1) is 20.8 Å². The molecule has 0 saturated heterocycles. The molecule has 0 fully saturated rings. The van der Waals surface area contributed by atoms with Crippen LogP contribution in [-0.4, -0.2) is 0 Å². The smallest absolute Gasteiger partial charge is 0.339 e. The molecule has 0 radical (unpaired) electrons. The first-order chi connectivity index (χ1) is 11.0. The van der Waals surface area contributed by atoms with E-state index in [2.05, 4.69) is 0 Å². The molecule has 0 atom stereocenters. The normalized spacial score (nSPS) is 11.0. The molecular formula is C19H17ClO3. The van der Waals surface area contributed by atoms with Gasteiger partial charge in [-0.2, -0.15) is 0 Å². The lowest BCUT2D eigenvalue weighted by molar-refractivity contribution is 0.304. The molecule has 0 spiro atoms. The third kappa shape index (κ3) is 2.84. The molecule has 3 aromatic rings.